The van der Waals surface area contributed by atoms with Crippen LogP contribution in [0.4, 0.5) is 10.1 Å². The van der Waals surface area contributed by atoms with Crippen molar-refractivity contribution in [2.75, 3.05) is 18.0 Å². The van der Waals surface area contributed by atoms with Gasteiger partial charge in [0.15, 0.2) is 0 Å². The fraction of sp³-hybridized carbons (Fsp3) is 0.278. The molecule has 1 aliphatic heterocycles. The molecule has 0 spiro atoms. The average Bonchev–Trinajstić information content (AvgIpc) is 2.55. The second kappa shape index (κ2) is 6.69. The summed E-state index contributed by atoms with van der Waals surface area (Å²) >= 11 is 6.20. The van der Waals surface area contributed by atoms with Gasteiger partial charge in [-0.25, -0.2) is 4.39 Å². The highest BCUT2D eigenvalue weighted by molar-refractivity contribution is 6.33. The highest BCUT2D eigenvalue weighted by atomic mass is 35.5. The molecule has 0 bridgehead atoms. The van der Waals surface area contributed by atoms with Gasteiger partial charge in [0.2, 0.25) is 5.91 Å². The van der Waals surface area contributed by atoms with Crippen molar-refractivity contribution in [1.29, 1.82) is 0 Å². The van der Waals surface area contributed by atoms with Crippen molar-refractivity contribution < 1.29 is 9.18 Å². The lowest BCUT2D eigenvalue weighted by Crippen LogP contribution is -2.55. The number of anilines is 1. The number of piperazine rings is 1. The Kier molecular flexibility index (Phi) is 4.64. The molecule has 1 heterocycles. The van der Waals surface area contributed by atoms with E-state index in [1.807, 2.05) is 36.1 Å². The van der Waals surface area contributed by atoms with E-state index in [0.29, 0.717) is 30.2 Å². The fourth-order valence-corrected chi connectivity index (χ4v) is 3.12. The Hall–Kier alpha value is -1.91. The number of carbonyl (C=O) groups is 1. The predicted octanol–water partition coefficient (Wildman–Crippen LogP) is 3.72. The molecule has 1 aliphatic rings. The molecule has 0 aromatic heterocycles. The minimum Gasteiger partial charge on any atom is -0.308 e. The SMILES string of the molecule is C[C@H]1C(=O)N(c2ccccc2Cl)CCN1Cc1ccccc1F. The Morgan fingerprint density at radius 3 is 2.57 bits per heavy atom. The van der Waals surface area contributed by atoms with E-state index in [9.17, 15) is 9.18 Å². The summed E-state index contributed by atoms with van der Waals surface area (Å²) in [4.78, 5) is 16.4. The molecule has 5 heteroatoms. The topological polar surface area (TPSA) is 23.6 Å². The van der Waals surface area contributed by atoms with Gasteiger partial charge in [0.25, 0.3) is 0 Å². The molecule has 0 unspecified atom stereocenters. The van der Waals surface area contributed by atoms with Crippen molar-refractivity contribution in [3.8, 4) is 0 Å². The molecule has 0 N–H and O–H groups in total. The number of rotatable bonds is 3. The average molecular weight is 333 g/mol. The molecule has 0 saturated carbocycles. The number of benzene rings is 2. The third-order valence-electron chi connectivity index (χ3n) is 4.26. The van der Waals surface area contributed by atoms with Gasteiger partial charge < -0.3 is 4.90 Å². The van der Waals surface area contributed by atoms with E-state index in [-0.39, 0.29) is 17.8 Å². The maximum atomic E-state index is 13.8. The fourth-order valence-electron chi connectivity index (χ4n) is 2.89. The number of amides is 1. The Balaban J connectivity index is 1.77. The summed E-state index contributed by atoms with van der Waals surface area (Å²) in [6, 6.07) is 13.7. The molecule has 1 amide bonds. The monoisotopic (exact) mass is 332 g/mol. The van der Waals surface area contributed by atoms with Crippen LogP contribution in [0.5, 0.6) is 0 Å². The number of nitrogens with zero attached hydrogens (tertiary/aromatic N) is 2. The number of para-hydroxylation sites is 1. The van der Waals surface area contributed by atoms with Crippen molar-refractivity contribution in [3.63, 3.8) is 0 Å². The third kappa shape index (κ3) is 3.23. The maximum Gasteiger partial charge on any atom is 0.244 e. The summed E-state index contributed by atoms with van der Waals surface area (Å²) in [5, 5.41) is 0.565. The molecule has 1 saturated heterocycles. The summed E-state index contributed by atoms with van der Waals surface area (Å²) in [6.07, 6.45) is 0. The van der Waals surface area contributed by atoms with Gasteiger partial charge in [0, 0.05) is 25.2 Å². The molecule has 0 radical (unpaired) electrons. The van der Waals surface area contributed by atoms with E-state index in [2.05, 4.69) is 0 Å². The van der Waals surface area contributed by atoms with Crippen molar-refractivity contribution in [2.24, 2.45) is 0 Å². The standard InChI is InChI=1S/C18H18ClFN2O/c1-13-18(23)22(17-9-5-3-7-15(17)19)11-10-21(13)12-14-6-2-4-8-16(14)20/h2-9,13H,10-12H2,1H3/t13-/m0/s1. The molecule has 1 fully saturated rings. The van der Waals surface area contributed by atoms with Gasteiger partial charge in [0.05, 0.1) is 16.8 Å². The van der Waals surface area contributed by atoms with E-state index in [4.69, 9.17) is 11.6 Å². The first kappa shape index (κ1) is 16.0. The summed E-state index contributed by atoms with van der Waals surface area (Å²) in [5.41, 5.74) is 1.34. The largest absolute Gasteiger partial charge is 0.308 e. The number of hydrogen-bond acceptors (Lipinski definition) is 2. The van der Waals surface area contributed by atoms with E-state index >= 15 is 0 Å². The second-order valence-electron chi connectivity index (χ2n) is 5.68. The van der Waals surface area contributed by atoms with Crippen molar-refractivity contribution >= 4 is 23.2 Å². The molecule has 1 atom stereocenters. The lowest BCUT2D eigenvalue weighted by molar-refractivity contribution is -0.125. The van der Waals surface area contributed by atoms with Crippen LogP contribution in [0.1, 0.15) is 12.5 Å². The molecular formula is C18H18ClFN2O. The number of halogens is 2. The zero-order valence-electron chi connectivity index (χ0n) is 12.9. The lowest BCUT2D eigenvalue weighted by Gasteiger charge is -2.39. The smallest absolute Gasteiger partial charge is 0.244 e. The van der Waals surface area contributed by atoms with Crippen LogP contribution in [0, 0.1) is 5.82 Å². The minimum absolute atomic E-state index is 0.0133. The lowest BCUT2D eigenvalue weighted by atomic mass is 10.1. The van der Waals surface area contributed by atoms with Crippen LogP contribution in [-0.2, 0) is 11.3 Å². The molecule has 23 heavy (non-hydrogen) atoms. The molecule has 120 valence electrons. The molecule has 2 aromatic carbocycles. The second-order valence-corrected chi connectivity index (χ2v) is 6.09. The first-order valence-electron chi connectivity index (χ1n) is 7.61. The highest BCUT2D eigenvalue weighted by Crippen LogP contribution is 2.28. The van der Waals surface area contributed by atoms with Crippen LogP contribution < -0.4 is 4.90 Å². The minimum atomic E-state index is -0.320. The van der Waals surface area contributed by atoms with Gasteiger partial charge in [-0.2, -0.15) is 0 Å². The van der Waals surface area contributed by atoms with E-state index < -0.39 is 0 Å². The highest BCUT2D eigenvalue weighted by Gasteiger charge is 2.33. The molecular weight excluding hydrogens is 315 g/mol. The Morgan fingerprint density at radius 2 is 1.83 bits per heavy atom. The zero-order chi connectivity index (χ0) is 16.4. The predicted molar refractivity (Wildman–Crippen MR) is 90.1 cm³/mol. The molecule has 3 nitrogen and oxygen atoms in total. The molecule has 2 aromatic rings. The van der Waals surface area contributed by atoms with Crippen LogP contribution in [0.3, 0.4) is 0 Å². The van der Waals surface area contributed by atoms with Gasteiger partial charge in [-0.1, -0.05) is 41.9 Å². The number of carbonyl (C=O) groups excluding carboxylic acids is 1. The van der Waals surface area contributed by atoms with E-state index in [0.717, 1.165) is 5.69 Å². The number of hydrogen-bond donors (Lipinski definition) is 0. The molecule has 3 rings (SSSR count). The zero-order valence-corrected chi connectivity index (χ0v) is 13.6. The van der Waals surface area contributed by atoms with E-state index in [1.54, 1.807) is 23.1 Å². The van der Waals surface area contributed by atoms with Crippen LogP contribution in [0.2, 0.25) is 5.02 Å². The maximum absolute atomic E-state index is 13.8. The van der Waals surface area contributed by atoms with Crippen LogP contribution in [-0.4, -0.2) is 29.9 Å². The molecule has 0 aliphatic carbocycles. The van der Waals surface area contributed by atoms with Crippen molar-refractivity contribution in [1.82, 2.24) is 4.90 Å². The first-order valence-corrected chi connectivity index (χ1v) is 7.99. The summed E-state index contributed by atoms with van der Waals surface area (Å²) in [5.74, 6) is -0.249. The normalized spacial score (nSPS) is 19.2. The van der Waals surface area contributed by atoms with Crippen LogP contribution in [0.25, 0.3) is 0 Å². The summed E-state index contributed by atoms with van der Waals surface area (Å²) in [7, 11) is 0. The van der Waals surface area contributed by atoms with Crippen LogP contribution >= 0.6 is 11.6 Å². The van der Waals surface area contributed by atoms with Gasteiger partial charge in [-0.3, -0.25) is 9.69 Å². The summed E-state index contributed by atoms with van der Waals surface area (Å²) in [6.45, 7) is 3.50. The van der Waals surface area contributed by atoms with Crippen molar-refractivity contribution in [3.05, 3.63) is 64.9 Å². The quantitative estimate of drug-likeness (QED) is 0.855. The Labute approximate surface area is 140 Å². The first-order chi connectivity index (χ1) is 11.1. The van der Waals surface area contributed by atoms with Crippen molar-refractivity contribution in [2.45, 2.75) is 19.5 Å². The van der Waals surface area contributed by atoms with E-state index in [1.165, 1.54) is 6.07 Å². The third-order valence-corrected chi connectivity index (χ3v) is 4.58. The van der Waals surface area contributed by atoms with Gasteiger partial charge in [-0.05, 0) is 25.1 Å². The van der Waals surface area contributed by atoms with Gasteiger partial charge in [0.1, 0.15) is 5.82 Å². The summed E-state index contributed by atoms with van der Waals surface area (Å²) < 4.78 is 13.8. The Morgan fingerprint density at radius 1 is 1.13 bits per heavy atom. The van der Waals surface area contributed by atoms with Gasteiger partial charge >= 0.3 is 0 Å². The van der Waals surface area contributed by atoms with Gasteiger partial charge in [-0.15, -0.1) is 0 Å². The Bertz CT molecular complexity index is 722. The van der Waals surface area contributed by atoms with Crippen LogP contribution in [0.15, 0.2) is 48.5 Å².